The number of aliphatic hydroxyl groups excluding tert-OH is 1. The van der Waals surface area contributed by atoms with Crippen LogP contribution in [0.5, 0.6) is 0 Å². The monoisotopic (exact) mass is 283 g/mol. The van der Waals surface area contributed by atoms with E-state index in [0.717, 1.165) is 17.7 Å². The molecule has 2 atom stereocenters. The highest BCUT2D eigenvalue weighted by Gasteiger charge is 2.35. The van der Waals surface area contributed by atoms with Crippen LogP contribution < -0.4 is 0 Å². The van der Waals surface area contributed by atoms with Crippen molar-refractivity contribution in [3.8, 4) is 0 Å². The van der Waals surface area contributed by atoms with Crippen molar-refractivity contribution in [3.05, 3.63) is 15.6 Å². The van der Waals surface area contributed by atoms with Gasteiger partial charge in [0.1, 0.15) is 5.01 Å². The molecule has 1 aliphatic heterocycles. The van der Waals surface area contributed by atoms with Crippen molar-refractivity contribution in [3.63, 3.8) is 0 Å². The molecular weight excluding hydrogens is 262 g/mol. The van der Waals surface area contributed by atoms with E-state index in [1.54, 1.807) is 11.3 Å². The van der Waals surface area contributed by atoms with Gasteiger partial charge in [-0.3, -0.25) is 0 Å². The highest BCUT2D eigenvalue weighted by molar-refractivity contribution is 7.99. The zero-order chi connectivity index (χ0) is 12.8. The predicted molar refractivity (Wildman–Crippen MR) is 78.2 cm³/mol. The summed E-state index contributed by atoms with van der Waals surface area (Å²) in [6, 6.07) is 0. The minimum Gasteiger partial charge on any atom is -0.387 e. The highest BCUT2D eigenvalue weighted by atomic mass is 32.2. The largest absolute Gasteiger partial charge is 0.387 e. The van der Waals surface area contributed by atoms with Gasteiger partial charge in [-0.2, -0.15) is 11.8 Å². The molecule has 100 valence electrons. The van der Waals surface area contributed by atoms with Gasteiger partial charge in [0, 0.05) is 0 Å². The van der Waals surface area contributed by atoms with E-state index in [0.29, 0.717) is 5.25 Å². The number of fused-ring (bicyclic) bond motifs is 1. The van der Waals surface area contributed by atoms with Crippen molar-refractivity contribution in [2.75, 3.05) is 5.75 Å². The SMILES string of the molecule is CC1(C)Cc2nc(C3CCCCS3)sc2C(O)C1. The third-order valence-corrected chi connectivity index (χ3v) is 6.74. The molecule has 1 aliphatic carbocycles. The lowest BCUT2D eigenvalue weighted by Gasteiger charge is -2.31. The zero-order valence-corrected chi connectivity index (χ0v) is 12.7. The molecule has 2 heterocycles. The number of nitrogens with zero attached hydrogens (tertiary/aromatic N) is 1. The summed E-state index contributed by atoms with van der Waals surface area (Å²) in [5.41, 5.74) is 1.36. The number of aromatic nitrogens is 1. The molecule has 2 aliphatic rings. The summed E-state index contributed by atoms with van der Waals surface area (Å²) in [5.74, 6) is 1.27. The summed E-state index contributed by atoms with van der Waals surface area (Å²) >= 11 is 3.82. The van der Waals surface area contributed by atoms with E-state index in [-0.39, 0.29) is 11.5 Å². The zero-order valence-electron chi connectivity index (χ0n) is 11.1. The minimum absolute atomic E-state index is 0.192. The van der Waals surface area contributed by atoms with Crippen molar-refractivity contribution in [1.82, 2.24) is 4.98 Å². The van der Waals surface area contributed by atoms with Crippen LogP contribution >= 0.6 is 23.1 Å². The Labute approximate surface area is 117 Å². The summed E-state index contributed by atoms with van der Waals surface area (Å²) in [5, 5.41) is 12.1. The first kappa shape index (κ1) is 12.9. The van der Waals surface area contributed by atoms with Gasteiger partial charge in [-0.05, 0) is 36.9 Å². The third kappa shape index (κ3) is 2.47. The quantitative estimate of drug-likeness (QED) is 0.842. The molecule has 3 rings (SSSR count). The molecule has 1 N–H and O–H groups in total. The van der Waals surface area contributed by atoms with E-state index in [2.05, 4.69) is 13.8 Å². The first-order valence-corrected chi connectivity index (χ1v) is 8.71. The molecule has 0 bridgehead atoms. The number of hydrogen-bond acceptors (Lipinski definition) is 4. The van der Waals surface area contributed by atoms with Crippen LogP contribution in [0, 0.1) is 5.41 Å². The number of rotatable bonds is 1. The Morgan fingerprint density at radius 3 is 2.89 bits per heavy atom. The summed E-state index contributed by atoms with van der Waals surface area (Å²) in [6.45, 7) is 4.46. The molecule has 18 heavy (non-hydrogen) atoms. The lowest BCUT2D eigenvalue weighted by Crippen LogP contribution is -2.24. The highest BCUT2D eigenvalue weighted by Crippen LogP contribution is 2.47. The van der Waals surface area contributed by atoms with Crippen molar-refractivity contribution >= 4 is 23.1 Å². The van der Waals surface area contributed by atoms with Crippen molar-refractivity contribution < 1.29 is 5.11 Å². The normalized spacial score (nSPS) is 31.1. The van der Waals surface area contributed by atoms with Crippen LogP contribution in [0.4, 0.5) is 0 Å². The Kier molecular flexibility index (Phi) is 3.45. The van der Waals surface area contributed by atoms with Crippen molar-refractivity contribution in [2.24, 2.45) is 5.41 Å². The van der Waals surface area contributed by atoms with Gasteiger partial charge in [0.15, 0.2) is 0 Å². The van der Waals surface area contributed by atoms with Gasteiger partial charge in [-0.1, -0.05) is 20.3 Å². The lowest BCUT2D eigenvalue weighted by molar-refractivity contribution is 0.102. The van der Waals surface area contributed by atoms with Crippen LogP contribution in [-0.2, 0) is 6.42 Å². The Morgan fingerprint density at radius 2 is 2.17 bits per heavy atom. The van der Waals surface area contributed by atoms with Crippen molar-refractivity contribution in [2.45, 2.75) is 57.3 Å². The molecule has 0 spiro atoms. The molecule has 0 amide bonds. The molecule has 0 saturated carbocycles. The average molecular weight is 283 g/mol. The van der Waals surface area contributed by atoms with E-state index in [1.165, 1.54) is 35.7 Å². The molecule has 0 radical (unpaired) electrons. The molecule has 1 aromatic heterocycles. The Hall–Kier alpha value is -0.0600. The van der Waals surface area contributed by atoms with Crippen LogP contribution in [0.1, 0.15) is 66.5 Å². The van der Waals surface area contributed by atoms with E-state index < -0.39 is 0 Å². The molecular formula is C14H21NOS2. The standard InChI is InChI=1S/C14H21NOS2/c1-14(2)7-9-12(10(16)8-14)18-13(15-9)11-5-3-4-6-17-11/h10-11,16H,3-8H2,1-2H3. The molecule has 1 saturated heterocycles. The van der Waals surface area contributed by atoms with Gasteiger partial charge >= 0.3 is 0 Å². The summed E-state index contributed by atoms with van der Waals surface area (Å²) in [6.07, 6.45) is 5.55. The Bertz CT molecular complexity index is 435. The second-order valence-corrected chi connectivity index (χ2v) is 8.65. The molecule has 1 fully saturated rings. The fourth-order valence-electron chi connectivity index (χ4n) is 2.98. The van der Waals surface area contributed by atoms with Crippen LogP contribution in [0.2, 0.25) is 0 Å². The van der Waals surface area contributed by atoms with E-state index in [9.17, 15) is 5.11 Å². The number of hydrogen-bond donors (Lipinski definition) is 1. The second-order valence-electron chi connectivity index (χ2n) is 6.28. The molecule has 1 aromatic rings. The lowest BCUT2D eigenvalue weighted by atomic mass is 9.77. The minimum atomic E-state index is -0.288. The number of thiazole rings is 1. The molecule has 2 unspecified atom stereocenters. The Morgan fingerprint density at radius 1 is 1.33 bits per heavy atom. The van der Waals surface area contributed by atoms with Crippen LogP contribution in [0.15, 0.2) is 0 Å². The summed E-state index contributed by atoms with van der Waals surface area (Å²) in [7, 11) is 0. The van der Waals surface area contributed by atoms with E-state index in [4.69, 9.17) is 4.98 Å². The predicted octanol–water partition coefficient (Wildman–Crippen LogP) is 4.11. The summed E-state index contributed by atoms with van der Waals surface area (Å²) < 4.78 is 0. The Balaban J connectivity index is 1.87. The van der Waals surface area contributed by atoms with Crippen LogP contribution in [0.25, 0.3) is 0 Å². The number of aliphatic hydroxyl groups is 1. The molecule has 0 aromatic carbocycles. The second kappa shape index (κ2) is 4.80. The fourth-order valence-corrected chi connectivity index (χ4v) is 5.60. The van der Waals surface area contributed by atoms with Crippen LogP contribution in [-0.4, -0.2) is 15.8 Å². The third-order valence-electron chi connectivity index (χ3n) is 3.89. The maximum absolute atomic E-state index is 10.3. The van der Waals surface area contributed by atoms with Gasteiger partial charge < -0.3 is 5.11 Å². The van der Waals surface area contributed by atoms with Gasteiger partial charge in [0.25, 0.3) is 0 Å². The van der Waals surface area contributed by atoms with Crippen LogP contribution in [0.3, 0.4) is 0 Å². The maximum Gasteiger partial charge on any atom is 0.106 e. The van der Waals surface area contributed by atoms with Gasteiger partial charge in [0.2, 0.25) is 0 Å². The average Bonchev–Trinajstić information content (AvgIpc) is 2.72. The van der Waals surface area contributed by atoms with Crippen molar-refractivity contribution in [1.29, 1.82) is 0 Å². The number of thioether (sulfide) groups is 1. The first-order chi connectivity index (χ1) is 8.55. The summed E-state index contributed by atoms with van der Waals surface area (Å²) in [4.78, 5) is 6.01. The smallest absolute Gasteiger partial charge is 0.106 e. The maximum atomic E-state index is 10.3. The van der Waals surface area contributed by atoms with Gasteiger partial charge in [0.05, 0.1) is 21.9 Å². The first-order valence-electron chi connectivity index (χ1n) is 6.84. The van der Waals surface area contributed by atoms with E-state index >= 15 is 0 Å². The molecule has 4 heteroatoms. The van der Waals surface area contributed by atoms with E-state index in [1.807, 2.05) is 11.8 Å². The molecule has 2 nitrogen and oxygen atoms in total. The van der Waals surface area contributed by atoms with Gasteiger partial charge in [-0.15, -0.1) is 11.3 Å². The van der Waals surface area contributed by atoms with Gasteiger partial charge in [-0.25, -0.2) is 4.98 Å². The fraction of sp³-hybridized carbons (Fsp3) is 0.786. The topological polar surface area (TPSA) is 33.1 Å².